The van der Waals surface area contributed by atoms with E-state index in [4.69, 9.17) is 10.5 Å². The molecule has 0 spiro atoms. The molecule has 0 fully saturated rings. The lowest BCUT2D eigenvalue weighted by molar-refractivity contribution is -0.130. The summed E-state index contributed by atoms with van der Waals surface area (Å²) in [5, 5.41) is 5.54. The van der Waals surface area contributed by atoms with Crippen LogP contribution >= 0.6 is 0 Å². The molecule has 0 aliphatic heterocycles. The van der Waals surface area contributed by atoms with Crippen LogP contribution in [-0.4, -0.2) is 36.5 Å². The highest BCUT2D eigenvalue weighted by atomic mass is 16.6. The lowest BCUT2D eigenvalue weighted by Gasteiger charge is -2.27. The zero-order chi connectivity index (χ0) is 21.2. The van der Waals surface area contributed by atoms with E-state index in [2.05, 4.69) is 10.6 Å². The number of aldehydes is 1. The Kier molecular flexibility index (Phi) is 9.65. The topological polar surface area (TPSA) is 111 Å². The average molecular weight is 392 g/mol. The number of nitrogens with one attached hydrogen (secondary N) is 2. The van der Waals surface area contributed by atoms with Crippen molar-refractivity contribution in [3.05, 3.63) is 35.9 Å². The molecule has 4 N–H and O–H groups in total. The van der Waals surface area contributed by atoms with Gasteiger partial charge in [-0.2, -0.15) is 0 Å². The molecule has 0 aliphatic carbocycles. The normalized spacial score (nSPS) is 14.5. The Morgan fingerprint density at radius 3 is 2.32 bits per heavy atom. The van der Waals surface area contributed by atoms with Gasteiger partial charge in [-0.25, -0.2) is 4.79 Å². The fourth-order valence-electron chi connectivity index (χ4n) is 2.78. The minimum Gasteiger partial charge on any atom is -0.444 e. The number of hydrogen-bond acceptors (Lipinski definition) is 5. The van der Waals surface area contributed by atoms with Crippen LogP contribution in [0.15, 0.2) is 30.3 Å². The van der Waals surface area contributed by atoms with Gasteiger partial charge in [0.05, 0.1) is 12.1 Å². The maximum absolute atomic E-state index is 12.7. The molecule has 3 atom stereocenters. The van der Waals surface area contributed by atoms with Gasteiger partial charge in [0.15, 0.2) is 0 Å². The van der Waals surface area contributed by atoms with Gasteiger partial charge >= 0.3 is 6.09 Å². The first kappa shape index (κ1) is 23.6. The number of carbonyl (C=O) groups is 3. The molecule has 1 rings (SSSR count). The molecular formula is C21H33N3O4. The van der Waals surface area contributed by atoms with E-state index < -0.39 is 29.6 Å². The molecule has 0 aliphatic rings. The Labute approximate surface area is 167 Å². The lowest BCUT2D eigenvalue weighted by atomic mass is 9.94. The molecule has 0 bridgehead atoms. The number of hydrogen-bond donors (Lipinski definition) is 3. The van der Waals surface area contributed by atoms with E-state index in [0.717, 1.165) is 12.0 Å². The third-order valence-corrected chi connectivity index (χ3v) is 4.21. The number of benzene rings is 1. The molecule has 156 valence electrons. The van der Waals surface area contributed by atoms with Gasteiger partial charge in [0.25, 0.3) is 0 Å². The molecular weight excluding hydrogens is 358 g/mol. The van der Waals surface area contributed by atoms with Crippen LogP contribution in [0, 0.1) is 5.92 Å². The highest BCUT2D eigenvalue weighted by Crippen LogP contribution is 2.16. The predicted molar refractivity (Wildman–Crippen MR) is 109 cm³/mol. The molecule has 2 amide bonds. The van der Waals surface area contributed by atoms with Gasteiger partial charge in [0.2, 0.25) is 5.91 Å². The number of nitrogens with two attached hydrogens (primary N) is 1. The van der Waals surface area contributed by atoms with E-state index in [9.17, 15) is 14.4 Å². The SMILES string of the molecule is C[C@@H](NC(=O)C(C=O)[C@H](CCCCN)NC(=O)OC(C)(C)C)c1ccccc1. The summed E-state index contributed by atoms with van der Waals surface area (Å²) < 4.78 is 5.28. The maximum Gasteiger partial charge on any atom is 0.407 e. The van der Waals surface area contributed by atoms with E-state index in [1.54, 1.807) is 20.8 Å². The summed E-state index contributed by atoms with van der Waals surface area (Å²) in [6, 6.07) is 8.54. The third-order valence-electron chi connectivity index (χ3n) is 4.21. The van der Waals surface area contributed by atoms with Crippen molar-refractivity contribution in [1.29, 1.82) is 0 Å². The highest BCUT2D eigenvalue weighted by Gasteiger charge is 2.31. The number of amides is 2. The average Bonchev–Trinajstić information content (AvgIpc) is 2.61. The monoisotopic (exact) mass is 391 g/mol. The molecule has 0 saturated carbocycles. The molecule has 7 nitrogen and oxygen atoms in total. The Hall–Kier alpha value is -2.41. The first-order chi connectivity index (χ1) is 13.2. The first-order valence-corrected chi connectivity index (χ1v) is 9.68. The standard InChI is InChI=1S/C21H33N3O4/c1-15(16-10-6-5-7-11-16)23-19(26)17(14-25)18(12-8-9-13-22)24-20(27)28-21(2,3)4/h5-7,10-11,14-15,17-18H,8-9,12-13,22H2,1-4H3,(H,23,26)(H,24,27)/t15-,17?,18+/m1/s1. The van der Waals surface area contributed by atoms with Crippen LogP contribution in [-0.2, 0) is 14.3 Å². The molecule has 1 aromatic carbocycles. The molecule has 0 aromatic heterocycles. The van der Waals surface area contributed by atoms with Gasteiger partial charge in [-0.1, -0.05) is 36.8 Å². The summed E-state index contributed by atoms with van der Waals surface area (Å²) in [6.45, 7) is 7.60. The first-order valence-electron chi connectivity index (χ1n) is 9.68. The van der Waals surface area contributed by atoms with E-state index in [-0.39, 0.29) is 6.04 Å². The summed E-state index contributed by atoms with van der Waals surface area (Å²) in [5.41, 5.74) is 5.79. The van der Waals surface area contributed by atoms with Crippen molar-refractivity contribution in [2.45, 2.75) is 64.6 Å². The summed E-state index contributed by atoms with van der Waals surface area (Å²) in [5.74, 6) is -1.45. The van der Waals surface area contributed by atoms with Gasteiger partial charge in [-0.05, 0) is 52.6 Å². The fourth-order valence-corrected chi connectivity index (χ4v) is 2.78. The molecule has 0 saturated heterocycles. The van der Waals surface area contributed by atoms with Crippen molar-refractivity contribution >= 4 is 18.3 Å². The van der Waals surface area contributed by atoms with Crippen LogP contribution in [0.2, 0.25) is 0 Å². The van der Waals surface area contributed by atoms with Gasteiger partial charge in [-0.3, -0.25) is 4.79 Å². The summed E-state index contributed by atoms with van der Waals surface area (Å²) in [4.78, 5) is 36.7. The highest BCUT2D eigenvalue weighted by molar-refractivity contribution is 5.93. The van der Waals surface area contributed by atoms with Gasteiger partial charge in [-0.15, -0.1) is 0 Å². The largest absolute Gasteiger partial charge is 0.444 e. The quantitative estimate of drug-likeness (QED) is 0.323. The number of rotatable bonds is 10. The second kappa shape index (κ2) is 11.4. The Bertz CT molecular complexity index is 628. The molecule has 0 radical (unpaired) electrons. The number of ether oxygens (including phenoxy) is 1. The second-order valence-corrected chi connectivity index (χ2v) is 7.84. The van der Waals surface area contributed by atoms with E-state index in [1.807, 2.05) is 37.3 Å². The van der Waals surface area contributed by atoms with E-state index >= 15 is 0 Å². The fraction of sp³-hybridized carbons (Fsp3) is 0.571. The number of unbranched alkanes of at least 4 members (excludes halogenated alkanes) is 1. The van der Waals surface area contributed by atoms with E-state index in [0.29, 0.717) is 25.7 Å². The van der Waals surface area contributed by atoms with Crippen molar-refractivity contribution in [1.82, 2.24) is 10.6 Å². The minimum absolute atomic E-state index is 0.262. The van der Waals surface area contributed by atoms with Gasteiger partial charge in [0, 0.05) is 0 Å². The number of carbonyl (C=O) groups excluding carboxylic acids is 3. The van der Waals surface area contributed by atoms with Crippen LogP contribution in [0.1, 0.15) is 58.6 Å². The van der Waals surface area contributed by atoms with Crippen molar-refractivity contribution in [3.8, 4) is 0 Å². The smallest absolute Gasteiger partial charge is 0.407 e. The van der Waals surface area contributed by atoms with Crippen LogP contribution in [0.25, 0.3) is 0 Å². The third kappa shape index (κ3) is 8.52. The van der Waals surface area contributed by atoms with Crippen molar-refractivity contribution in [2.24, 2.45) is 11.7 Å². The molecule has 7 heteroatoms. The van der Waals surface area contributed by atoms with Crippen LogP contribution in [0.3, 0.4) is 0 Å². The molecule has 0 heterocycles. The Morgan fingerprint density at radius 1 is 1.14 bits per heavy atom. The van der Waals surface area contributed by atoms with Crippen molar-refractivity contribution in [2.75, 3.05) is 6.54 Å². The van der Waals surface area contributed by atoms with Gasteiger partial charge < -0.3 is 25.9 Å². The predicted octanol–water partition coefficient (Wildman–Crippen LogP) is 2.70. The summed E-state index contributed by atoms with van der Waals surface area (Å²) >= 11 is 0. The van der Waals surface area contributed by atoms with Gasteiger partial charge in [0.1, 0.15) is 17.8 Å². The van der Waals surface area contributed by atoms with E-state index in [1.165, 1.54) is 0 Å². The minimum atomic E-state index is -1.02. The van der Waals surface area contributed by atoms with Crippen LogP contribution in [0.5, 0.6) is 0 Å². The molecule has 1 unspecified atom stereocenters. The van der Waals surface area contributed by atoms with Crippen LogP contribution < -0.4 is 16.4 Å². The maximum atomic E-state index is 12.7. The molecule has 28 heavy (non-hydrogen) atoms. The Morgan fingerprint density at radius 2 is 1.79 bits per heavy atom. The number of alkyl carbamates (subject to hydrolysis) is 1. The summed E-state index contributed by atoms with van der Waals surface area (Å²) in [7, 11) is 0. The lowest BCUT2D eigenvalue weighted by Crippen LogP contribution is -2.49. The van der Waals surface area contributed by atoms with Crippen LogP contribution in [0.4, 0.5) is 4.79 Å². The zero-order valence-electron chi connectivity index (χ0n) is 17.2. The van der Waals surface area contributed by atoms with Crippen molar-refractivity contribution in [3.63, 3.8) is 0 Å². The van der Waals surface area contributed by atoms with Crippen molar-refractivity contribution < 1.29 is 19.1 Å². The molecule has 1 aromatic rings. The second-order valence-electron chi connectivity index (χ2n) is 7.84. The summed E-state index contributed by atoms with van der Waals surface area (Å²) in [6.07, 6.45) is 1.80. The Balaban J connectivity index is 2.85. The zero-order valence-corrected chi connectivity index (χ0v) is 17.2.